The van der Waals surface area contributed by atoms with Gasteiger partial charge in [-0.1, -0.05) is 48.0 Å². The summed E-state index contributed by atoms with van der Waals surface area (Å²) >= 11 is 0. The Kier molecular flexibility index (Phi) is 6.14. The molecule has 1 amide bonds. The highest BCUT2D eigenvalue weighted by molar-refractivity contribution is 5.87. The van der Waals surface area contributed by atoms with E-state index >= 15 is 0 Å². The number of rotatable bonds is 6. The number of hydrogen-bond acceptors (Lipinski definition) is 4. The predicted octanol–water partition coefficient (Wildman–Crippen LogP) is 7.09. The summed E-state index contributed by atoms with van der Waals surface area (Å²) in [5.74, 6) is 0.443. The zero-order chi connectivity index (χ0) is 21.5. The number of ether oxygens (including phenoxy) is 1. The Hall–Kier alpha value is -4.25. The van der Waals surface area contributed by atoms with Gasteiger partial charge in [-0.25, -0.2) is 4.79 Å². The fraction of sp³-hybridized carbons (Fsp3) is 0.0385. The largest absolute Gasteiger partial charge is 0.417 e. The summed E-state index contributed by atoms with van der Waals surface area (Å²) in [6.07, 6.45) is -0.541. The highest BCUT2D eigenvalue weighted by atomic mass is 16.6. The van der Waals surface area contributed by atoms with Gasteiger partial charge in [0.15, 0.2) is 5.75 Å². The number of benzene rings is 4. The molecule has 0 aromatic heterocycles. The fourth-order valence-electron chi connectivity index (χ4n) is 3.02. The van der Waals surface area contributed by atoms with Crippen molar-refractivity contribution in [2.75, 3.05) is 16.0 Å². The maximum absolute atomic E-state index is 12.3. The quantitative estimate of drug-likeness (QED) is 0.318. The molecular weight excluding hydrogens is 386 g/mol. The molecule has 4 aromatic rings. The van der Waals surface area contributed by atoms with E-state index in [1.807, 2.05) is 104 Å². The standard InChI is InChI=1S/C26H23N3O2/c1-19-11-13-23(14-12-19)29-26(30)31-25-10-6-5-9-24(25)28-22-17-15-21(16-18-22)27-20-7-3-2-4-8-20/h2-18,27-28H,1H3,(H,29,30). The normalized spacial score (nSPS) is 10.2. The van der Waals surface area contributed by atoms with Crippen molar-refractivity contribution in [3.63, 3.8) is 0 Å². The molecule has 4 rings (SSSR count). The average Bonchev–Trinajstić information content (AvgIpc) is 2.79. The minimum Gasteiger partial charge on any atom is -0.408 e. The lowest BCUT2D eigenvalue weighted by atomic mass is 10.2. The molecule has 0 fully saturated rings. The first-order chi connectivity index (χ1) is 15.2. The maximum Gasteiger partial charge on any atom is 0.417 e. The van der Waals surface area contributed by atoms with Crippen molar-refractivity contribution in [1.82, 2.24) is 0 Å². The second-order valence-corrected chi connectivity index (χ2v) is 7.07. The highest BCUT2D eigenvalue weighted by Gasteiger charge is 2.10. The van der Waals surface area contributed by atoms with Crippen LogP contribution in [0.2, 0.25) is 0 Å². The molecule has 3 N–H and O–H groups in total. The zero-order valence-corrected chi connectivity index (χ0v) is 17.1. The summed E-state index contributed by atoms with van der Waals surface area (Å²) in [5.41, 5.74) is 5.40. The van der Waals surface area contributed by atoms with Crippen molar-refractivity contribution >= 4 is 34.5 Å². The highest BCUT2D eigenvalue weighted by Crippen LogP contribution is 2.29. The lowest BCUT2D eigenvalue weighted by Crippen LogP contribution is -2.17. The maximum atomic E-state index is 12.3. The second kappa shape index (κ2) is 9.50. The van der Waals surface area contributed by atoms with Crippen LogP contribution in [-0.4, -0.2) is 6.09 Å². The van der Waals surface area contributed by atoms with Crippen LogP contribution in [0.15, 0.2) is 103 Å². The van der Waals surface area contributed by atoms with Gasteiger partial charge >= 0.3 is 6.09 Å². The lowest BCUT2D eigenvalue weighted by molar-refractivity contribution is 0.215. The predicted molar refractivity (Wildman–Crippen MR) is 127 cm³/mol. The summed E-state index contributed by atoms with van der Waals surface area (Å²) in [5, 5.41) is 9.40. The zero-order valence-electron chi connectivity index (χ0n) is 17.1. The van der Waals surface area contributed by atoms with Crippen molar-refractivity contribution < 1.29 is 9.53 Å². The van der Waals surface area contributed by atoms with E-state index in [4.69, 9.17) is 4.74 Å². The number of para-hydroxylation sites is 3. The Balaban J connectivity index is 1.41. The Morgan fingerprint density at radius 3 is 1.87 bits per heavy atom. The molecule has 0 saturated heterocycles. The number of anilines is 5. The summed E-state index contributed by atoms with van der Waals surface area (Å²) in [7, 11) is 0. The molecule has 0 radical (unpaired) electrons. The first kappa shape index (κ1) is 20.0. The van der Waals surface area contributed by atoms with Gasteiger partial charge in [-0.15, -0.1) is 0 Å². The van der Waals surface area contributed by atoms with E-state index in [2.05, 4.69) is 16.0 Å². The van der Waals surface area contributed by atoms with E-state index < -0.39 is 6.09 Å². The smallest absolute Gasteiger partial charge is 0.408 e. The third-order valence-corrected chi connectivity index (χ3v) is 4.61. The van der Waals surface area contributed by atoms with Gasteiger partial charge in [0.25, 0.3) is 0 Å². The fourth-order valence-corrected chi connectivity index (χ4v) is 3.02. The van der Waals surface area contributed by atoms with E-state index in [-0.39, 0.29) is 0 Å². The van der Waals surface area contributed by atoms with Crippen LogP contribution in [0.4, 0.5) is 33.2 Å². The Morgan fingerprint density at radius 1 is 0.613 bits per heavy atom. The minimum atomic E-state index is -0.541. The summed E-state index contributed by atoms with van der Waals surface area (Å²) in [6.45, 7) is 1.99. The molecule has 0 spiro atoms. The third kappa shape index (κ3) is 5.64. The monoisotopic (exact) mass is 409 g/mol. The van der Waals surface area contributed by atoms with E-state index in [1.165, 1.54) is 0 Å². The summed E-state index contributed by atoms with van der Waals surface area (Å²) in [4.78, 5) is 12.3. The first-order valence-electron chi connectivity index (χ1n) is 9.99. The van der Waals surface area contributed by atoms with Gasteiger partial charge in [0.2, 0.25) is 0 Å². The SMILES string of the molecule is Cc1ccc(NC(=O)Oc2ccccc2Nc2ccc(Nc3ccccc3)cc2)cc1. The molecule has 0 bridgehead atoms. The van der Waals surface area contributed by atoms with Crippen LogP contribution < -0.4 is 20.7 Å². The van der Waals surface area contributed by atoms with Crippen molar-refractivity contribution in [2.45, 2.75) is 6.92 Å². The number of carbonyl (C=O) groups excluding carboxylic acids is 1. The van der Waals surface area contributed by atoms with Crippen LogP contribution in [-0.2, 0) is 0 Å². The van der Waals surface area contributed by atoms with E-state index in [1.54, 1.807) is 6.07 Å². The van der Waals surface area contributed by atoms with Crippen LogP contribution in [0.25, 0.3) is 0 Å². The average molecular weight is 409 g/mol. The molecule has 0 aliphatic heterocycles. The van der Waals surface area contributed by atoms with Gasteiger partial charge in [-0.05, 0) is 67.6 Å². The number of carbonyl (C=O) groups is 1. The van der Waals surface area contributed by atoms with Crippen LogP contribution in [0.1, 0.15) is 5.56 Å². The summed E-state index contributed by atoms with van der Waals surface area (Å²) in [6, 6.07) is 32.8. The Bertz CT molecular complexity index is 1140. The molecule has 0 aliphatic carbocycles. The molecule has 0 unspecified atom stereocenters. The third-order valence-electron chi connectivity index (χ3n) is 4.61. The molecule has 0 atom stereocenters. The number of nitrogens with one attached hydrogen (secondary N) is 3. The van der Waals surface area contributed by atoms with Crippen molar-refractivity contribution in [1.29, 1.82) is 0 Å². The molecular formula is C26H23N3O2. The molecule has 0 aliphatic rings. The van der Waals surface area contributed by atoms with Gasteiger partial charge < -0.3 is 15.4 Å². The van der Waals surface area contributed by atoms with Crippen molar-refractivity contribution in [3.8, 4) is 5.75 Å². The van der Waals surface area contributed by atoms with E-state index in [0.717, 1.165) is 22.6 Å². The Labute approximate surface area is 181 Å². The molecule has 0 heterocycles. The number of hydrogen-bond donors (Lipinski definition) is 3. The summed E-state index contributed by atoms with van der Waals surface area (Å²) < 4.78 is 5.53. The molecule has 5 nitrogen and oxygen atoms in total. The van der Waals surface area contributed by atoms with Gasteiger partial charge in [0, 0.05) is 22.7 Å². The van der Waals surface area contributed by atoms with Crippen molar-refractivity contribution in [2.24, 2.45) is 0 Å². The first-order valence-corrected chi connectivity index (χ1v) is 9.99. The lowest BCUT2D eigenvalue weighted by Gasteiger charge is -2.13. The second-order valence-electron chi connectivity index (χ2n) is 7.07. The molecule has 5 heteroatoms. The molecule has 4 aromatic carbocycles. The van der Waals surface area contributed by atoms with Crippen molar-refractivity contribution in [3.05, 3.63) is 109 Å². The number of aryl methyl sites for hydroxylation is 1. The van der Waals surface area contributed by atoms with Gasteiger partial charge in [0.05, 0.1) is 5.69 Å². The van der Waals surface area contributed by atoms with Gasteiger partial charge in [-0.2, -0.15) is 0 Å². The van der Waals surface area contributed by atoms with Crippen LogP contribution >= 0.6 is 0 Å². The van der Waals surface area contributed by atoms with E-state index in [0.29, 0.717) is 17.1 Å². The van der Waals surface area contributed by atoms with E-state index in [9.17, 15) is 4.79 Å². The topological polar surface area (TPSA) is 62.4 Å². The van der Waals surface area contributed by atoms with Crippen LogP contribution in [0, 0.1) is 6.92 Å². The molecule has 31 heavy (non-hydrogen) atoms. The Morgan fingerprint density at radius 2 is 1.16 bits per heavy atom. The molecule has 0 saturated carbocycles. The van der Waals surface area contributed by atoms with Gasteiger partial charge in [0.1, 0.15) is 0 Å². The molecule has 154 valence electrons. The van der Waals surface area contributed by atoms with Crippen LogP contribution in [0.5, 0.6) is 5.75 Å². The minimum absolute atomic E-state index is 0.443. The van der Waals surface area contributed by atoms with Gasteiger partial charge in [-0.3, -0.25) is 5.32 Å². The number of amides is 1. The van der Waals surface area contributed by atoms with Crippen LogP contribution in [0.3, 0.4) is 0 Å².